The van der Waals surface area contributed by atoms with E-state index in [1.165, 1.54) is 20.8 Å². The molecule has 0 saturated carbocycles. The number of rotatable bonds is 7. The summed E-state index contributed by atoms with van der Waals surface area (Å²) in [6, 6.07) is 34.9. The van der Waals surface area contributed by atoms with Crippen LogP contribution in [-0.4, -0.2) is 14.3 Å². The lowest BCUT2D eigenvalue weighted by molar-refractivity contribution is 0.102. The molecule has 38 heavy (non-hydrogen) atoms. The van der Waals surface area contributed by atoms with Gasteiger partial charge in [-0.1, -0.05) is 72.8 Å². The van der Waals surface area contributed by atoms with Gasteiger partial charge >= 0.3 is 0 Å². The number of aryl methyl sites for hydroxylation is 2. The summed E-state index contributed by atoms with van der Waals surface area (Å²) in [7, 11) is -3.79. The van der Waals surface area contributed by atoms with Crippen LogP contribution in [0.5, 0.6) is 0 Å². The SMILES string of the molecule is O=C(Nc1ccc2c3c(cccc13)CC2)c1ccc(CN(c2ccccc2)S(=O)(=O)c2ccccc2)cc1. The van der Waals surface area contributed by atoms with E-state index in [1.54, 1.807) is 66.7 Å². The van der Waals surface area contributed by atoms with Crippen molar-refractivity contribution in [2.45, 2.75) is 24.3 Å². The molecular weight excluding hydrogens is 492 g/mol. The number of amides is 1. The molecule has 0 fully saturated rings. The number of para-hydroxylation sites is 1. The maximum absolute atomic E-state index is 13.5. The zero-order valence-electron chi connectivity index (χ0n) is 20.7. The minimum atomic E-state index is -3.79. The largest absolute Gasteiger partial charge is 0.321 e. The van der Waals surface area contributed by atoms with E-state index in [0.29, 0.717) is 11.3 Å². The first-order chi connectivity index (χ1) is 18.5. The molecule has 5 aromatic rings. The van der Waals surface area contributed by atoms with Gasteiger partial charge in [0.25, 0.3) is 15.9 Å². The molecule has 0 spiro atoms. The molecular formula is C32H26N2O3S. The van der Waals surface area contributed by atoms with Crippen molar-refractivity contribution < 1.29 is 13.2 Å². The van der Waals surface area contributed by atoms with Crippen LogP contribution in [0.4, 0.5) is 11.4 Å². The Hall–Kier alpha value is -4.42. The second kappa shape index (κ2) is 9.80. The van der Waals surface area contributed by atoms with Crippen molar-refractivity contribution in [2.75, 3.05) is 9.62 Å². The van der Waals surface area contributed by atoms with E-state index in [9.17, 15) is 13.2 Å². The molecule has 0 heterocycles. The normalized spacial score (nSPS) is 12.4. The van der Waals surface area contributed by atoms with Crippen LogP contribution < -0.4 is 9.62 Å². The Labute approximate surface area is 222 Å². The Morgan fingerprint density at radius 2 is 1.37 bits per heavy atom. The number of nitrogens with zero attached hydrogens (tertiary/aromatic N) is 1. The van der Waals surface area contributed by atoms with E-state index in [4.69, 9.17) is 0 Å². The quantitative estimate of drug-likeness (QED) is 0.264. The molecule has 1 N–H and O–H groups in total. The minimum absolute atomic E-state index is 0.137. The summed E-state index contributed by atoms with van der Waals surface area (Å²) >= 11 is 0. The van der Waals surface area contributed by atoms with Gasteiger partial charge in [-0.05, 0) is 77.4 Å². The van der Waals surface area contributed by atoms with Crippen molar-refractivity contribution in [3.63, 3.8) is 0 Å². The number of nitrogens with one attached hydrogen (secondary N) is 1. The first kappa shape index (κ1) is 23.9. The molecule has 0 aromatic heterocycles. The lowest BCUT2D eigenvalue weighted by atomic mass is 10.0. The summed E-state index contributed by atoms with van der Waals surface area (Å²) in [4.78, 5) is 13.4. The summed E-state index contributed by atoms with van der Waals surface area (Å²) in [5, 5.41) is 5.38. The zero-order chi connectivity index (χ0) is 26.1. The van der Waals surface area contributed by atoms with Crippen molar-refractivity contribution in [1.82, 2.24) is 0 Å². The standard InChI is InChI=1S/C32H26N2O3S/c35-32(33-30-21-20-25-19-18-24-8-7-13-29(30)31(24)25)26-16-14-23(15-17-26)22-34(27-9-3-1-4-10-27)38(36,37)28-11-5-2-6-12-28/h1-17,20-21H,18-19,22H2,(H,33,35). The Kier molecular flexibility index (Phi) is 6.18. The van der Waals surface area contributed by atoms with E-state index in [2.05, 4.69) is 23.5 Å². The maximum atomic E-state index is 13.5. The number of sulfonamides is 1. The lowest BCUT2D eigenvalue weighted by Gasteiger charge is -2.25. The van der Waals surface area contributed by atoms with Crippen LogP contribution in [0.3, 0.4) is 0 Å². The highest BCUT2D eigenvalue weighted by atomic mass is 32.2. The first-order valence-electron chi connectivity index (χ1n) is 12.6. The average molecular weight is 519 g/mol. The second-order valence-electron chi connectivity index (χ2n) is 9.42. The molecule has 0 atom stereocenters. The van der Waals surface area contributed by atoms with Crippen LogP contribution in [0.1, 0.15) is 27.0 Å². The fourth-order valence-electron chi connectivity index (χ4n) is 5.11. The molecule has 6 rings (SSSR count). The predicted molar refractivity (Wildman–Crippen MR) is 152 cm³/mol. The maximum Gasteiger partial charge on any atom is 0.264 e. The number of carbonyl (C=O) groups excluding carboxylic acids is 1. The van der Waals surface area contributed by atoms with Gasteiger partial charge < -0.3 is 5.32 Å². The van der Waals surface area contributed by atoms with Crippen molar-refractivity contribution in [3.8, 4) is 0 Å². The Morgan fingerprint density at radius 1 is 0.711 bits per heavy atom. The third-order valence-electron chi connectivity index (χ3n) is 7.04. The summed E-state index contributed by atoms with van der Waals surface area (Å²) in [5.74, 6) is -0.202. The monoisotopic (exact) mass is 518 g/mol. The van der Waals surface area contributed by atoms with E-state index in [1.807, 2.05) is 30.3 Å². The van der Waals surface area contributed by atoms with E-state index < -0.39 is 10.0 Å². The number of hydrogen-bond acceptors (Lipinski definition) is 3. The van der Waals surface area contributed by atoms with Crippen molar-refractivity contribution in [2.24, 2.45) is 0 Å². The lowest BCUT2D eigenvalue weighted by Crippen LogP contribution is -2.30. The molecule has 6 heteroatoms. The van der Waals surface area contributed by atoms with E-state index in [0.717, 1.165) is 29.5 Å². The van der Waals surface area contributed by atoms with Crippen LogP contribution in [0.25, 0.3) is 10.8 Å². The fraction of sp³-hybridized carbons (Fsp3) is 0.0938. The number of hydrogen-bond donors (Lipinski definition) is 1. The van der Waals surface area contributed by atoms with Crippen LogP contribution in [0, 0.1) is 0 Å². The molecule has 188 valence electrons. The molecule has 1 amide bonds. The fourth-order valence-corrected chi connectivity index (χ4v) is 6.58. The molecule has 0 radical (unpaired) electrons. The smallest absolute Gasteiger partial charge is 0.264 e. The number of benzene rings is 5. The number of carbonyl (C=O) groups is 1. The minimum Gasteiger partial charge on any atom is -0.321 e. The molecule has 1 aliphatic rings. The molecule has 0 aliphatic heterocycles. The van der Waals surface area contributed by atoms with Gasteiger partial charge in [0.15, 0.2) is 0 Å². The van der Waals surface area contributed by atoms with Crippen molar-refractivity contribution in [3.05, 3.63) is 138 Å². The second-order valence-corrected chi connectivity index (χ2v) is 11.3. The zero-order valence-corrected chi connectivity index (χ0v) is 21.5. The topological polar surface area (TPSA) is 66.5 Å². The van der Waals surface area contributed by atoms with Gasteiger partial charge in [0.05, 0.1) is 17.1 Å². The summed E-state index contributed by atoms with van der Waals surface area (Å²) in [6.45, 7) is 0.137. The van der Waals surface area contributed by atoms with Crippen LogP contribution in [0.2, 0.25) is 0 Å². The highest BCUT2D eigenvalue weighted by molar-refractivity contribution is 7.92. The van der Waals surface area contributed by atoms with Gasteiger partial charge in [-0.25, -0.2) is 8.42 Å². The van der Waals surface area contributed by atoms with Gasteiger partial charge in [-0.15, -0.1) is 0 Å². The van der Waals surface area contributed by atoms with E-state index in [-0.39, 0.29) is 17.3 Å². The van der Waals surface area contributed by atoms with Gasteiger partial charge in [0.1, 0.15) is 0 Å². The third kappa shape index (κ3) is 4.44. The van der Waals surface area contributed by atoms with Crippen LogP contribution >= 0.6 is 0 Å². The molecule has 0 bridgehead atoms. The third-order valence-corrected chi connectivity index (χ3v) is 8.83. The Bertz CT molecular complexity index is 1720. The summed E-state index contributed by atoms with van der Waals surface area (Å²) in [5.41, 5.74) is 5.30. The van der Waals surface area contributed by atoms with E-state index >= 15 is 0 Å². The number of anilines is 2. The Balaban J connectivity index is 1.25. The van der Waals surface area contributed by atoms with Crippen molar-refractivity contribution in [1.29, 1.82) is 0 Å². The highest BCUT2D eigenvalue weighted by Crippen LogP contribution is 2.35. The van der Waals surface area contributed by atoms with Gasteiger partial charge in [0.2, 0.25) is 0 Å². The first-order valence-corrected chi connectivity index (χ1v) is 14.0. The molecule has 5 aromatic carbocycles. The van der Waals surface area contributed by atoms with Crippen LogP contribution in [-0.2, 0) is 29.4 Å². The average Bonchev–Trinajstić information content (AvgIpc) is 3.39. The van der Waals surface area contributed by atoms with Crippen LogP contribution in [0.15, 0.2) is 120 Å². The molecule has 0 unspecified atom stereocenters. The van der Waals surface area contributed by atoms with Gasteiger partial charge in [0, 0.05) is 16.6 Å². The predicted octanol–water partition coefficient (Wildman–Crippen LogP) is 6.59. The summed E-state index contributed by atoms with van der Waals surface area (Å²) < 4.78 is 28.5. The van der Waals surface area contributed by atoms with Crippen molar-refractivity contribution >= 4 is 38.1 Å². The highest BCUT2D eigenvalue weighted by Gasteiger charge is 2.25. The van der Waals surface area contributed by atoms with Gasteiger partial charge in [-0.2, -0.15) is 0 Å². The molecule has 0 saturated heterocycles. The summed E-state index contributed by atoms with van der Waals surface area (Å²) in [6.07, 6.45) is 2.07. The Morgan fingerprint density at radius 3 is 2.08 bits per heavy atom. The molecule has 5 nitrogen and oxygen atoms in total. The van der Waals surface area contributed by atoms with Gasteiger partial charge in [-0.3, -0.25) is 9.10 Å². The molecule has 1 aliphatic carbocycles.